The first-order valence-electron chi connectivity index (χ1n) is 10.3. The van der Waals surface area contributed by atoms with Crippen molar-refractivity contribution in [3.8, 4) is 16.9 Å². The number of ether oxygens (including phenoxy) is 1. The van der Waals surface area contributed by atoms with E-state index in [1.165, 1.54) is 0 Å². The minimum absolute atomic E-state index is 0.0509. The van der Waals surface area contributed by atoms with Crippen LogP contribution in [0.3, 0.4) is 0 Å². The van der Waals surface area contributed by atoms with Gasteiger partial charge in [-0.05, 0) is 60.4 Å². The molecule has 160 valence electrons. The molecule has 0 aromatic heterocycles. The van der Waals surface area contributed by atoms with Crippen LogP contribution < -0.4 is 4.74 Å². The second-order valence-corrected chi connectivity index (χ2v) is 9.73. The summed E-state index contributed by atoms with van der Waals surface area (Å²) in [7, 11) is -1.82. The maximum Gasteiger partial charge on any atom is 0.254 e. The molecule has 6 heteroatoms. The lowest BCUT2D eigenvalue weighted by Gasteiger charge is -2.25. The van der Waals surface area contributed by atoms with Crippen molar-refractivity contribution >= 4 is 15.7 Å². The summed E-state index contributed by atoms with van der Waals surface area (Å²) in [5.74, 6) is 0.602. The van der Waals surface area contributed by atoms with Crippen molar-refractivity contribution < 1.29 is 17.9 Å². The molecule has 0 bridgehead atoms. The Hall–Kier alpha value is -3.12. The Morgan fingerprint density at radius 1 is 0.968 bits per heavy atom. The third-order valence-corrected chi connectivity index (χ3v) is 7.50. The Bertz CT molecular complexity index is 1160. The monoisotopic (exact) mass is 435 g/mol. The van der Waals surface area contributed by atoms with Gasteiger partial charge in [-0.2, -0.15) is 0 Å². The van der Waals surface area contributed by atoms with Crippen LogP contribution in [0.2, 0.25) is 0 Å². The molecular weight excluding hydrogens is 410 g/mol. The third-order valence-electron chi connectivity index (χ3n) is 5.69. The summed E-state index contributed by atoms with van der Waals surface area (Å²) in [5, 5.41) is 0. The maximum absolute atomic E-state index is 13.1. The van der Waals surface area contributed by atoms with Crippen molar-refractivity contribution in [2.45, 2.75) is 23.8 Å². The first-order valence-corrected chi connectivity index (χ1v) is 12.0. The van der Waals surface area contributed by atoms with Gasteiger partial charge in [-0.3, -0.25) is 4.79 Å². The van der Waals surface area contributed by atoms with Crippen molar-refractivity contribution in [2.75, 3.05) is 19.4 Å². The first kappa shape index (κ1) is 21.1. The fourth-order valence-corrected chi connectivity index (χ4v) is 5.64. The number of nitrogens with zero attached hydrogens (tertiary/aromatic N) is 1. The highest BCUT2D eigenvalue weighted by molar-refractivity contribution is 7.91. The van der Waals surface area contributed by atoms with Crippen molar-refractivity contribution in [1.29, 1.82) is 0 Å². The number of sulfone groups is 1. The quantitative estimate of drug-likeness (QED) is 0.574. The molecule has 1 saturated heterocycles. The topological polar surface area (TPSA) is 63.7 Å². The number of benzene rings is 3. The minimum atomic E-state index is -3.45. The molecule has 0 spiro atoms. The van der Waals surface area contributed by atoms with Gasteiger partial charge in [-0.25, -0.2) is 8.42 Å². The lowest BCUT2D eigenvalue weighted by Crippen LogP contribution is -2.39. The van der Waals surface area contributed by atoms with Crippen LogP contribution >= 0.6 is 0 Å². The van der Waals surface area contributed by atoms with Crippen LogP contribution in [0.25, 0.3) is 11.1 Å². The van der Waals surface area contributed by atoms with E-state index in [4.69, 9.17) is 4.74 Å². The van der Waals surface area contributed by atoms with Gasteiger partial charge in [0.2, 0.25) is 0 Å². The van der Waals surface area contributed by atoms with Crippen LogP contribution in [0, 0.1) is 0 Å². The summed E-state index contributed by atoms with van der Waals surface area (Å²) in [5.41, 5.74) is 2.56. The standard InChI is InChI=1S/C25H25NO4S/c1-30-23-9-5-7-21(17-23)19-12-14-20(15-13-19)25(27)26-16-6-8-22(26)18-31(28,29)24-10-3-2-4-11-24/h2-5,7,9-15,17,22H,6,8,16,18H2,1H3. The smallest absolute Gasteiger partial charge is 0.254 e. The Morgan fingerprint density at radius 3 is 2.42 bits per heavy atom. The van der Waals surface area contributed by atoms with E-state index in [-0.39, 0.29) is 17.7 Å². The largest absolute Gasteiger partial charge is 0.497 e. The summed E-state index contributed by atoms with van der Waals surface area (Å²) in [6.45, 7) is 0.575. The average Bonchev–Trinajstić information content (AvgIpc) is 3.26. The van der Waals surface area contributed by atoms with E-state index in [0.29, 0.717) is 23.4 Å². The summed E-state index contributed by atoms with van der Waals surface area (Å²) in [4.78, 5) is 15.2. The van der Waals surface area contributed by atoms with Crippen molar-refractivity contribution in [2.24, 2.45) is 0 Å². The predicted molar refractivity (Wildman–Crippen MR) is 121 cm³/mol. The molecule has 1 unspecified atom stereocenters. The van der Waals surface area contributed by atoms with Crippen molar-refractivity contribution in [3.63, 3.8) is 0 Å². The molecule has 1 aliphatic heterocycles. The van der Waals surface area contributed by atoms with E-state index in [2.05, 4.69) is 0 Å². The molecule has 31 heavy (non-hydrogen) atoms. The number of carbonyl (C=O) groups is 1. The van der Waals surface area contributed by atoms with Crippen LogP contribution in [-0.4, -0.2) is 44.7 Å². The second-order valence-electron chi connectivity index (χ2n) is 7.70. The van der Waals surface area contributed by atoms with Gasteiger partial charge in [0.15, 0.2) is 9.84 Å². The van der Waals surface area contributed by atoms with Gasteiger partial charge in [0.05, 0.1) is 17.8 Å². The first-order chi connectivity index (χ1) is 15.0. The molecule has 1 aliphatic rings. The number of rotatable bonds is 6. The zero-order valence-electron chi connectivity index (χ0n) is 17.4. The Balaban J connectivity index is 1.50. The van der Waals surface area contributed by atoms with Gasteiger partial charge >= 0.3 is 0 Å². The van der Waals surface area contributed by atoms with Gasteiger partial charge in [0, 0.05) is 18.2 Å². The van der Waals surface area contributed by atoms with E-state index in [0.717, 1.165) is 23.3 Å². The van der Waals surface area contributed by atoms with E-state index in [9.17, 15) is 13.2 Å². The highest BCUT2D eigenvalue weighted by atomic mass is 32.2. The molecule has 0 radical (unpaired) electrons. The molecule has 1 amide bonds. The Morgan fingerprint density at radius 2 is 1.71 bits per heavy atom. The highest BCUT2D eigenvalue weighted by Crippen LogP contribution is 2.27. The van der Waals surface area contributed by atoms with Gasteiger partial charge < -0.3 is 9.64 Å². The zero-order chi connectivity index (χ0) is 21.8. The number of hydrogen-bond donors (Lipinski definition) is 0. The molecule has 1 atom stereocenters. The molecular formula is C25H25NO4S. The summed E-state index contributed by atoms with van der Waals surface area (Å²) >= 11 is 0. The van der Waals surface area contributed by atoms with E-state index in [1.54, 1.807) is 54.5 Å². The fraction of sp³-hybridized carbons (Fsp3) is 0.240. The number of amides is 1. The van der Waals surface area contributed by atoms with E-state index >= 15 is 0 Å². The number of methoxy groups -OCH3 is 1. The van der Waals surface area contributed by atoms with Gasteiger partial charge in [0.25, 0.3) is 5.91 Å². The molecule has 1 fully saturated rings. The predicted octanol–water partition coefficient (Wildman–Crippen LogP) is 4.44. The molecule has 5 nitrogen and oxygen atoms in total. The number of carbonyl (C=O) groups excluding carboxylic acids is 1. The van der Waals surface area contributed by atoms with Gasteiger partial charge in [0.1, 0.15) is 5.75 Å². The highest BCUT2D eigenvalue weighted by Gasteiger charge is 2.33. The van der Waals surface area contributed by atoms with Crippen LogP contribution in [0.1, 0.15) is 23.2 Å². The van der Waals surface area contributed by atoms with Gasteiger partial charge in [-0.1, -0.05) is 42.5 Å². The summed E-state index contributed by atoms with van der Waals surface area (Å²) in [6, 6.07) is 23.3. The maximum atomic E-state index is 13.1. The Labute approximate surface area is 183 Å². The third kappa shape index (κ3) is 4.64. The molecule has 0 saturated carbocycles. The van der Waals surface area contributed by atoms with Crippen LogP contribution in [0.5, 0.6) is 5.75 Å². The lowest BCUT2D eigenvalue weighted by atomic mass is 10.0. The SMILES string of the molecule is COc1cccc(-c2ccc(C(=O)N3CCCC3CS(=O)(=O)c3ccccc3)cc2)c1. The van der Waals surface area contributed by atoms with Crippen LogP contribution in [0.15, 0.2) is 83.8 Å². The van der Waals surface area contributed by atoms with Crippen LogP contribution in [-0.2, 0) is 9.84 Å². The van der Waals surface area contributed by atoms with E-state index in [1.807, 2.05) is 36.4 Å². The molecule has 0 aliphatic carbocycles. The van der Waals surface area contributed by atoms with E-state index < -0.39 is 9.84 Å². The lowest BCUT2D eigenvalue weighted by molar-refractivity contribution is 0.0749. The normalized spacial score (nSPS) is 16.3. The van der Waals surface area contributed by atoms with Crippen LogP contribution in [0.4, 0.5) is 0 Å². The molecule has 4 rings (SSSR count). The average molecular weight is 436 g/mol. The summed E-state index contributed by atoms with van der Waals surface area (Å²) in [6.07, 6.45) is 1.50. The van der Waals surface area contributed by atoms with Crippen molar-refractivity contribution in [1.82, 2.24) is 4.90 Å². The van der Waals surface area contributed by atoms with Crippen molar-refractivity contribution in [3.05, 3.63) is 84.4 Å². The van der Waals surface area contributed by atoms with Gasteiger partial charge in [-0.15, -0.1) is 0 Å². The zero-order valence-corrected chi connectivity index (χ0v) is 18.2. The summed E-state index contributed by atoms with van der Waals surface area (Å²) < 4.78 is 30.9. The molecule has 3 aromatic carbocycles. The fourth-order valence-electron chi connectivity index (χ4n) is 4.03. The molecule has 3 aromatic rings. The number of hydrogen-bond acceptors (Lipinski definition) is 4. The minimum Gasteiger partial charge on any atom is -0.497 e. The molecule has 1 heterocycles. The number of likely N-dealkylation sites (tertiary alicyclic amines) is 1. The Kier molecular flexibility index (Phi) is 6.09. The molecule has 0 N–H and O–H groups in total. The second kappa shape index (κ2) is 8.94.